The summed E-state index contributed by atoms with van der Waals surface area (Å²) in [6.45, 7) is 0.476. The molecule has 0 unspecified atom stereocenters. The summed E-state index contributed by atoms with van der Waals surface area (Å²) in [7, 11) is 0. The van der Waals surface area contributed by atoms with Gasteiger partial charge in [0.25, 0.3) is 0 Å². The van der Waals surface area contributed by atoms with E-state index in [0.717, 1.165) is 59.7 Å². The lowest BCUT2D eigenvalue weighted by molar-refractivity contribution is -0.131. The molecule has 4 nitrogen and oxygen atoms in total. The van der Waals surface area contributed by atoms with E-state index < -0.39 is 5.97 Å². The van der Waals surface area contributed by atoms with Gasteiger partial charge in [-0.3, -0.25) is 4.79 Å². The van der Waals surface area contributed by atoms with Crippen LogP contribution < -0.4 is 4.90 Å². The lowest BCUT2D eigenvalue weighted by Gasteiger charge is -2.30. The summed E-state index contributed by atoms with van der Waals surface area (Å²) in [6, 6.07) is 26.0. The maximum absolute atomic E-state index is 13.6. The molecule has 0 spiro atoms. The van der Waals surface area contributed by atoms with Gasteiger partial charge in [-0.1, -0.05) is 98.1 Å². The SMILES string of the molecule is O=C(O)/C=C/c1cccc(N(Cc2ccc(/C=C/c3ccccc3)cc2)C(=O)C2CCCCC2)c1. The average Bonchev–Trinajstić information content (AvgIpc) is 2.91. The number of carboxylic acids is 1. The first-order chi connectivity index (χ1) is 17.1. The first kappa shape index (κ1) is 24.2. The molecule has 0 heterocycles. The van der Waals surface area contributed by atoms with Crippen molar-refractivity contribution in [2.75, 3.05) is 4.90 Å². The van der Waals surface area contributed by atoms with Crippen LogP contribution in [0.25, 0.3) is 18.2 Å². The largest absolute Gasteiger partial charge is 0.478 e. The van der Waals surface area contributed by atoms with Crippen LogP contribution in [0.2, 0.25) is 0 Å². The van der Waals surface area contributed by atoms with Crippen LogP contribution in [0, 0.1) is 5.92 Å². The molecule has 35 heavy (non-hydrogen) atoms. The molecular formula is C31H31NO3. The molecule has 1 fully saturated rings. The van der Waals surface area contributed by atoms with Gasteiger partial charge < -0.3 is 10.0 Å². The normalized spacial score (nSPS) is 14.4. The van der Waals surface area contributed by atoms with Crippen LogP contribution in [0.3, 0.4) is 0 Å². The fourth-order valence-corrected chi connectivity index (χ4v) is 4.50. The Hall–Kier alpha value is -3.92. The fourth-order valence-electron chi connectivity index (χ4n) is 4.50. The summed E-state index contributed by atoms with van der Waals surface area (Å²) in [4.78, 5) is 26.4. The van der Waals surface area contributed by atoms with Crippen molar-refractivity contribution in [1.29, 1.82) is 0 Å². The van der Waals surface area contributed by atoms with Crippen LogP contribution in [-0.4, -0.2) is 17.0 Å². The quantitative estimate of drug-likeness (QED) is 0.286. The molecule has 3 aromatic carbocycles. The van der Waals surface area contributed by atoms with Crippen LogP contribution in [0.4, 0.5) is 5.69 Å². The van der Waals surface area contributed by atoms with E-state index in [0.29, 0.717) is 6.54 Å². The second-order valence-corrected chi connectivity index (χ2v) is 9.01. The summed E-state index contributed by atoms with van der Waals surface area (Å²) in [6.07, 6.45) is 12.1. The van der Waals surface area contributed by atoms with Crippen LogP contribution >= 0.6 is 0 Å². The molecule has 1 aliphatic rings. The van der Waals surface area contributed by atoms with Gasteiger partial charge in [-0.2, -0.15) is 0 Å². The Labute approximate surface area is 207 Å². The lowest BCUT2D eigenvalue weighted by atomic mass is 9.88. The van der Waals surface area contributed by atoms with Gasteiger partial charge in [0.15, 0.2) is 0 Å². The van der Waals surface area contributed by atoms with E-state index in [1.807, 2.05) is 47.4 Å². The van der Waals surface area contributed by atoms with Crippen LogP contribution in [-0.2, 0) is 16.1 Å². The van der Waals surface area contributed by atoms with Gasteiger partial charge >= 0.3 is 5.97 Å². The number of carbonyl (C=O) groups is 2. The van der Waals surface area contributed by atoms with Crippen molar-refractivity contribution < 1.29 is 14.7 Å². The third-order valence-corrected chi connectivity index (χ3v) is 6.41. The average molecular weight is 466 g/mol. The number of benzene rings is 3. The second-order valence-electron chi connectivity index (χ2n) is 9.01. The molecule has 0 radical (unpaired) electrons. The van der Waals surface area contributed by atoms with Crippen molar-refractivity contribution in [3.63, 3.8) is 0 Å². The minimum Gasteiger partial charge on any atom is -0.478 e. The van der Waals surface area contributed by atoms with Gasteiger partial charge in [0.05, 0.1) is 6.54 Å². The van der Waals surface area contributed by atoms with E-state index >= 15 is 0 Å². The van der Waals surface area contributed by atoms with Gasteiger partial charge in [0.1, 0.15) is 0 Å². The number of hydrogen-bond acceptors (Lipinski definition) is 2. The summed E-state index contributed by atoms with van der Waals surface area (Å²) in [5.74, 6) is -0.806. The molecule has 0 aromatic heterocycles. The van der Waals surface area contributed by atoms with E-state index in [-0.39, 0.29) is 11.8 Å². The maximum Gasteiger partial charge on any atom is 0.328 e. The highest BCUT2D eigenvalue weighted by molar-refractivity contribution is 5.95. The number of hydrogen-bond donors (Lipinski definition) is 1. The zero-order valence-electron chi connectivity index (χ0n) is 19.8. The highest BCUT2D eigenvalue weighted by Crippen LogP contribution is 2.29. The van der Waals surface area contributed by atoms with Crippen LogP contribution in [0.15, 0.2) is 84.9 Å². The van der Waals surface area contributed by atoms with Crippen LogP contribution in [0.5, 0.6) is 0 Å². The van der Waals surface area contributed by atoms with Gasteiger partial charge in [0.2, 0.25) is 5.91 Å². The summed E-state index contributed by atoms with van der Waals surface area (Å²) < 4.78 is 0. The smallest absolute Gasteiger partial charge is 0.328 e. The predicted molar refractivity (Wildman–Crippen MR) is 143 cm³/mol. The lowest BCUT2D eigenvalue weighted by Crippen LogP contribution is -2.36. The minimum atomic E-state index is -0.994. The van der Waals surface area contributed by atoms with Gasteiger partial charge in [0, 0.05) is 17.7 Å². The Balaban J connectivity index is 1.56. The van der Waals surface area contributed by atoms with Gasteiger partial charge in [-0.25, -0.2) is 4.79 Å². The molecule has 178 valence electrons. The third-order valence-electron chi connectivity index (χ3n) is 6.41. The van der Waals surface area contributed by atoms with Crippen molar-refractivity contribution in [1.82, 2.24) is 0 Å². The number of carboxylic acid groups (broad SMARTS) is 1. The number of nitrogens with zero attached hydrogens (tertiary/aromatic N) is 1. The van der Waals surface area contributed by atoms with E-state index in [2.05, 4.69) is 48.6 Å². The number of carbonyl (C=O) groups excluding carboxylic acids is 1. The van der Waals surface area contributed by atoms with E-state index in [1.54, 1.807) is 6.08 Å². The minimum absolute atomic E-state index is 0.0371. The van der Waals surface area contributed by atoms with E-state index in [1.165, 1.54) is 6.42 Å². The topological polar surface area (TPSA) is 57.6 Å². The standard InChI is InChI=1S/C31H31NO3/c33-30(34)21-20-26-10-7-13-29(22-26)32(31(35)28-11-5-2-6-12-28)23-27-18-16-25(17-19-27)15-14-24-8-3-1-4-9-24/h1,3-4,7-10,13-22,28H,2,5-6,11-12,23H2,(H,33,34)/b15-14+,21-20+. The van der Waals surface area contributed by atoms with Crippen molar-refractivity contribution in [2.24, 2.45) is 5.92 Å². The third kappa shape index (κ3) is 7.03. The number of amides is 1. The number of anilines is 1. The first-order valence-corrected chi connectivity index (χ1v) is 12.2. The molecule has 4 heteroatoms. The first-order valence-electron chi connectivity index (χ1n) is 12.2. The van der Waals surface area contributed by atoms with E-state index in [4.69, 9.17) is 5.11 Å². The summed E-state index contributed by atoms with van der Waals surface area (Å²) in [5, 5.41) is 8.98. The Morgan fingerprint density at radius 1 is 0.771 bits per heavy atom. The molecular weight excluding hydrogens is 434 g/mol. The molecule has 0 saturated heterocycles. The predicted octanol–water partition coefficient (Wildman–Crippen LogP) is 7.07. The molecule has 1 saturated carbocycles. The van der Waals surface area contributed by atoms with Crippen molar-refractivity contribution >= 4 is 35.8 Å². The molecule has 1 aliphatic carbocycles. The monoisotopic (exact) mass is 465 g/mol. The molecule has 1 N–H and O–H groups in total. The van der Waals surface area contributed by atoms with Crippen molar-refractivity contribution in [2.45, 2.75) is 38.6 Å². The maximum atomic E-state index is 13.6. The highest BCUT2D eigenvalue weighted by atomic mass is 16.4. The Morgan fingerprint density at radius 3 is 2.11 bits per heavy atom. The molecule has 4 rings (SSSR count). The van der Waals surface area contributed by atoms with Crippen molar-refractivity contribution in [3.05, 3.63) is 107 Å². The Kier molecular flexibility index (Phi) is 8.29. The highest BCUT2D eigenvalue weighted by Gasteiger charge is 2.27. The van der Waals surface area contributed by atoms with Crippen molar-refractivity contribution in [3.8, 4) is 0 Å². The van der Waals surface area contributed by atoms with Crippen LogP contribution in [0.1, 0.15) is 54.4 Å². The zero-order chi connectivity index (χ0) is 24.5. The molecule has 0 atom stereocenters. The second kappa shape index (κ2) is 12.0. The Bertz CT molecular complexity index is 1190. The molecule has 3 aromatic rings. The van der Waals surface area contributed by atoms with E-state index in [9.17, 15) is 9.59 Å². The number of rotatable bonds is 8. The van der Waals surface area contributed by atoms with Gasteiger partial charge in [-0.15, -0.1) is 0 Å². The fraction of sp³-hybridized carbons (Fsp3) is 0.226. The number of aliphatic carboxylic acids is 1. The summed E-state index contributed by atoms with van der Waals surface area (Å²) >= 11 is 0. The Morgan fingerprint density at radius 2 is 1.43 bits per heavy atom. The van der Waals surface area contributed by atoms with Gasteiger partial charge in [-0.05, 0) is 53.3 Å². The molecule has 0 aliphatic heterocycles. The zero-order valence-corrected chi connectivity index (χ0v) is 19.8. The summed E-state index contributed by atoms with van der Waals surface area (Å²) in [5.41, 5.74) is 4.85. The molecule has 0 bridgehead atoms. The molecule has 1 amide bonds.